The van der Waals surface area contributed by atoms with E-state index in [1.807, 2.05) is 29.5 Å². The number of hydrogen-bond donors (Lipinski definition) is 0. The lowest BCUT2D eigenvalue weighted by Gasteiger charge is -2.34. The van der Waals surface area contributed by atoms with Gasteiger partial charge < -0.3 is 9.80 Å². The minimum Gasteiger partial charge on any atom is -0.366 e. The maximum absolute atomic E-state index is 12.6. The van der Waals surface area contributed by atoms with Crippen LogP contribution in [0.5, 0.6) is 0 Å². The Hall–Kier alpha value is -2.41. The van der Waals surface area contributed by atoms with Gasteiger partial charge in [0.15, 0.2) is 0 Å². The summed E-state index contributed by atoms with van der Waals surface area (Å²) < 4.78 is 0. The first-order valence-corrected chi connectivity index (χ1v) is 9.25. The van der Waals surface area contributed by atoms with Gasteiger partial charge in [-0.05, 0) is 41.3 Å². The number of amides is 1. The van der Waals surface area contributed by atoms with Crippen LogP contribution in [0.15, 0.2) is 41.1 Å². The molecule has 7 heteroatoms. The average molecular weight is 359 g/mol. The summed E-state index contributed by atoms with van der Waals surface area (Å²) in [5, 5.41) is 15.3. The van der Waals surface area contributed by atoms with Crippen molar-refractivity contribution in [1.29, 1.82) is 0 Å². The lowest BCUT2D eigenvalue weighted by molar-refractivity contribution is -0.384. The van der Waals surface area contributed by atoms with Crippen LogP contribution in [-0.4, -0.2) is 35.9 Å². The number of para-hydroxylation sites is 2. The summed E-state index contributed by atoms with van der Waals surface area (Å²) in [6.07, 6.45) is 1.44. The Balaban J connectivity index is 1.60. The molecule has 0 unspecified atom stereocenters. The van der Waals surface area contributed by atoms with Crippen molar-refractivity contribution < 1.29 is 9.72 Å². The third kappa shape index (κ3) is 3.99. The number of rotatable bonds is 5. The van der Waals surface area contributed by atoms with Crippen LogP contribution in [0.25, 0.3) is 0 Å². The summed E-state index contributed by atoms with van der Waals surface area (Å²) in [5.74, 6) is 0.149. The highest BCUT2D eigenvalue weighted by atomic mass is 32.1. The molecule has 1 aliphatic heterocycles. The van der Waals surface area contributed by atoms with Gasteiger partial charge in [0.05, 0.1) is 4.92 Å². The topological polar surface area (TPSA) is 66.7 Å². The van der Waals surface area contributed by atoms with E-state index < -0.39 is 0 Å². The highest BCUT2D eigenvalue weighted by Gasteiger charge is 2.29. The molecule has 25 heavy (non-hydrogen) atoms. The summed E-state index contributed by atoms with van der Waals surface area (Å²) in [4.78, 5) is 27.3. The summed E-state index contributed by atoms with van der Waals surface area (Å²) in [7, 11) is 1.84. The second kappa shape index (κ2) is 7.65. The molecule has 1 fully saturated rings. The first-order chi connectivity index (χ1) is 12.1. The van der Waals surface area contributed by atoms with Gasteiger partial charge in [0.25, 0.3) is 5.69 Å². The number of piperidine rings is 1. The Labute approximate surface area is 150 Å². The van der Waals surface area contributed by atoms with Crippen molar-refractivity contribution in [1.82, 2.24) is 4.90 Å². The van der Waals surface area contributed by atoms with Gasteiger partial charge in [-0.1, -0.05) is 12.1 Å². The third-order valence-electron chi connectivity index (χ3n) is 4.64. The van der Waals surface area contributed by atoms with E-state index in [-0.39, 0.29) is 22.4 Å². The average Bonchev–Trinajstić information content (AvgIpc) is 3.14. The van der Waals surface area contributed by atoms with E-state index in [1.165, 1.54) is 6.07 Å². The molecule has 132 valence electrons. The molecule has 1 aromatic carbocycles. The van der Waals surface area contributed by atoms with Gasteiger partial charge in [-0.3, -0.25) is 14.9 Å². The Kier molecular flexibility index (Phi) is 5.33. The molecule has 0 saturated carbocycles. The van der Waals surface area contributed by atoms with E-state index in [9.17, 15) is 14.9 Å². The van der Waals surface area contributed by atoms with E-state index in [2.05, 4.69) is 5.38 Å². The molecule has 1 aliphatic rings. The van der Waals surface area contributed by atoms with Gasteiger partial charge in [-0.25, -0.2) is 0 Å². The first-order valence-electron chi connectivity index (χ1n) is 8.30. The summed E-state index contributed by atoms with van der Waals surface area (Å²) in [6, 6.07) is 8.83. The molecule has 1 aromatic heterocycles. The number of nitrogens with zero attached hydrogens (tertiary/aromatic N) is 3. The van der Waals surface area contributed by atoms with E-state index in [0.717, 1.165) is 18.4 Å². The quantitative estimate of drug-likeness (QED) is 0.605. The molecular formula is C18H21N3O3S. The maximum atomic E-state index is 12.6. The SMILES string of the molecule is CN(Cc1ccsc1)C(=O)C1CCN(c2ccccc2[N+](=O)[O-])CC1. The minimum atomic E-state index is -0.346. The second-order valence-corrected chi connectivity index (χ2v) is 7.11. The van der Waals surface area contributed by atoms with E-state index in [1.54, 1.807) is 28.4 Å². The predicted molar refractivity (Wildman–Crippen MR) is 98.8 cm³/mol. The van der Waals surface area contributed by atoms with E-state index >= 15 is 0 Å². The summed E-state index contributed by atoms with van der Waals surface area (Å²) in [6.45, 7) is 1.95. The highest BCUT2D eigenvalue weighted by molar-refractivity contribution is 7.07. The normalized spacial score (nSPS) is 15.2. The fourth-order valence-electron chi connectivity index (χ4n) is 3.30. The van der Waals surface area contributed by atoms with Gasteiger partial charge in [0, 0.05) is 38.7 Å². The van der Waals surface area contributed by atoms with Crippen molar-refractivity contribution in [3.8, 4) is 0 Å². The van der Waals surface area contributed by atoms with E-state index in [0.29, 0.717) is 25.3 Å². The molecule has 0 radical (unpaired) electrons. The van der Waals surface area contributed by atoms with Gasteiger partial charge >= 0.3 is 0 Å². The largest absolute Gasteiger partial charge is 0.366 e. The van der Waals surface area contributed by atoms with Crippen molar-refractivity contribution >= 4 is 28.6 Å². The fraction of sp³-hybridized carbons (Fsp3) is 0.389. The van der Waals surface area contributed by atoms with Crippen molar-refractivity contribution in [3.63, 3.8) is 0 Å². The van der Waals surface area contributed by atoms with Crippen LogP contribution in [0.2, 0.25) is 0 Å². The van der Waals surface area contributed by atoms with Crippen LogP contribution in [0.3, 0.4) is 0 Å². The zero-order chi connectivity index (χ0) is 17.8. The van der Waals surface area contributed by atoms with E-state index in [4.69, 9.17) is 0 Å². The molecule has 0 spiro atoms. The van der Waals surface area contributed by atoms with Crippen molar-refractivity contribution in [2.45, 2.75) is 19.4 Å². The third-order valence-corrected chi connectivity index (χ3v) is 5.37. The molecule has 0 N–H and O–H groups in total. The van der Waals surface area contributed by atoms with Crippen LogP contribution in [-0.2, 0) is 11.3 Å². The molecule has 0 aliphatic carbocycles. The molecular weight excluding hydrogens is 338 g/mol. The molecule has 1 amide bonds. The van der Waals surface area contributed by atoms with Crippen LogP contribution < -0.4 is 4.90 Å². The number of nitro groups is 1. The molecule has 2 aromatic rings. The van der Waals surface area contributed by atoms with Gasteiger partial charge in [0.2, 0.25) is 5.91 Å². The zero-order valence-electron chi connectivity index (χ0n) is 14.1. The zero-order valence-corrected chi connectivity index (χ0v) is 14.9. The highest BCUT2D eigenvalue weighted by Crippen LogP contribution is 2.31. The summed E-state index contributed by atoms with van der Waals surface area (Å²) in [5.41, 5.74) is 1.92. The number of thiophene rings is 1. The van der Waals surface area contributed by atoms with Crippen LogP contribution >= 0.6 is 11.3 Å². The monoisotopic (exact) mass is 359 g/mol. The first kappa shape index (κ1) is 17.4. The van der Waals surface area contributed by atoms with Crippen LogP contribution in [0.1, 0.15) is 18.4 Å². The van der Waals surface area contributed by atoms with Crippen LogP contribution in [0, 0.1) is 16.0 Å². The Bertz CT molecular complexity index is 740. The number of anilines is 1. The molecule has 6 nitrogen and oxygen atoms in total. The van der Waals surface area contributed by atoms with Crippen molar-refractivity contribution in [3.05, 3.63) is 56.8 Å². The maximum Gasteiger partial charge on any atom is 0.292 e. The smallest absolute Gasteiger partial charge is 0.292 e. The molecule has 0 atom stereocenters. The summed E-state index contributed by atoms with van der Waals surface area (Å²) >= 11 is 1.63. The fourth-order valence-corrected chi connectivity index (χ4v) is 3.96. The lowest BCUT2D eigenvalue weighted by atomic mass is 9.94. The van der Waals surface area contributed by atoms with Gasteiger partial charge in [-0.15, -0.1) is 0 Å². The Morgan fingerprint density at radius 1 is 1.32 bits per heavy atom. The standard InChI is InChI=1S/C18H21N3O3S/c1-19(12-14-8-11-25-13-14)18(22)15-6-9-20(10-7-15)16-4-2-3-5-17(16)21(23)24/h2-5,8,11,13,15H,6-7,9-10,12H2,1H3. The lowest BCUT2D eigenvalue weighted by Crippen LogP contribution is -2.41. The Morgan fingerprint density at radius 2 is 2.04 bits per heavy atom. The molecule has 3 rings (SSSR count). The number of benzene rings is 1. The number of carbonyl (C=O) groups excluding carboxylic acids is 1. The molecule has 2 heterocycles. The minimum absolute atomic E-state index is 0.0114. The Morgan fingerprint density at radius 3 is 2.68 bits per heavy atom. The van der Waals surface area contributed by atoms with Crippen molar-refractivity contribution in [2.24, 2.45) is 5.92 Å². The van der Waals surface area contributed by atoms with Gasteiger partial charge in [0.1, 0.15) is 5.69 Å². The van der Waals surface area contributed by atoms with Crippen molar-refractivity contribution in [2.75, 3.05) is 25.0 Å². The molecule has 1 saturated heterocycles. The number of nitro benzene ring substituents is 1. The molecule has 0 bridgehead atoms. The predicted octanol–water partition coefficient (Wildman–Crippen LogP) is 3.53. The van der Waals surface area contributed by atoms with Crippen LogP contribution in [0.4, 0.5) is 11.4 Å². The van der Waals surface area contributed by atoms with Gasteiger partial charge in [-0.2, -0.15) is 11.3 Å². The number of hydrogen-bond acceptors (Lipinski definition) is 5. The second-order valence-electron chi connectivity index (χ2n) is 6.33. The number of carbonyl (C=O) groups is 1.